The molecular weight excluding hydrogens is 315 g/mol. The lowest BCUT2D eigenvalue weighted by Crippen LogP contribution is -2.47. The van der Waals surface area contributed by atoms with E-state index in [4.69, 9.17) is 11.6 Å². The summed E-state index contributed by atoms with van der Waals surface area (Å²) in [5.41, 5.74) is -1.26. The summed E-state index contributed by atoms with van der Waals surface area (Å²) in [4.78, 5) is 1.46. The number of piperazine rings is 1. The van der Waals surface area contributed by atoms with Crippen molar-refractivity contribution in [2.75, 3.05) is 26.2 Å². The van der Waals surface area contributed by atoms with Crippen molar-refractivity contribution in [3.63, 3.8) is 0 Å². The van der Waals surface area contributed by atoms with Crippen LogP contribution in [-0.4, -0.2) is 37.5 Å². The van der Waals surface area contributed by atoms with Crippen LogP contribution in [0.5, 0.6) is 0 Å². The van der Waals surface area contributed by atoms with Crippen molar-refractivity contribution in [2.45, 2.75) is 18.6 Å². The first kappa shape index (κ1) is 16.5. The van der Waals surface area contributed by atoms with E-state index in [2.05, 4.69) is 5.32 Å². The van der Waals surface area contributed by atoms with Crippen molar-refractivity contribution in [1.29, 1.82) is 0 Å². The van der Waals surface area contributed by atoms with E-state index in [1.54, 1.807) is 0 Å². The third-order valence-corrected chi connectivity index (χ3v) is 3.86. The van der Waals surface area contributed by atoms with Crippen LogP contribution in [0.2, 0.25) is 5.02 Å². The topological polar surface area (TPSA) is 15.3 Å². The zero-order valence-corrected chi connectivity index (χ0v) is 11.7. The van der Waals surface area contributed by atoms with Crippen molar-refractivity contribution in [3.8, 4) is 0 Å². The average Bonchev–Trinajstić information content (AvgIpc) is 2.40. The van der Waals surface area contributed by atoms with E-state index in [9.17, 15) is 22.0 Å². The van der Waals surface area contributed by atoms with Gasteiger partial charge < -0.3 is 5.32 Å². The maximum atomic E-state index is 13.4. The Hall–Kier alpha value is -0.920. The summed E-state index contributed by atoms with van der Waals surface area (Å²) in [5, 5.41) is 2.37. The van der Waals surface area contributed by atoms with Gasteiger partial charge >= 0.3 is 6.18 Å². The molecule has 1 fully saturated rings. The molecule has 0 amide bonds. The number of hydrogen-bond acceptors (Lipinski definition) is 2. The van der Waals surface area contributed by atoms with Crippen LogP contribution in [0, 0.1) is 0 Å². The molecule has 1 N–H and O–H groups in total. The summed E-state index contributed by atoms with van der Waals surface area (Å²) in [6.45, 7) is 1.70. The molecule has 1 aliphatic heterocycles. The van der Waals surface area contributed by atoms with Crippen LogP contribution in [0.25, 0.3) is 0 Å². The van der Waals surface area contributed by atoms with Gasteiger partial charge in [-0.25, -0.2) is 8.78 Å². The maximum Gasteiger partial charge on any atom is 0.417 e. The standard InChI is InChI=1S/C13H14ClF5N2/c14-10-8(2-1-3-9(10)13(17,18)19)11(12(15)16)21-6-4-20-5-7-21/h1-3,11-12,20H,4-7H2/t11-/m1/s1. The Bertz CT molecular complexity index is 486. The number of nitrogens with one attached hydrogen (secondary N) is 1. The molecule has 0 unspecified atom stereocenters. The largest absolute Gasteiger partial charge is 0.417 e. The highest BCUT2D eigenvalue weighted by molar-refractivity contribution is 6.32. The lowest BCUT2D eigenvalue weighted by molar-refractivity contribution is -0.137. The summed E-state index contributed by atoms with van der Waals surface area (Å²) in [6, 6.07) is 1.71. The summed E-state index contributed by atoms with van der Waals surface area (Å²) >= 11 is 5.76. The van der Waals surface area contributed by atoms with E-state index < -0.39 is 29.2 Å². The van der Waals surface area contributed by atoms with Gasteiger partial charge in [-0.15, -0.1) is 0 Å². The van der Waals surface area contributed by atoms with Gasteiger partial charge in [-0.2, -0.15) is 13.2 Å². The molecule has 1 aliphatic rings. The molecule has 1 aromatic carbocycles. The van der Waals surface area contributed by atoms with Crippen LogP contribution in [0.3, 0.4) is 0 Å². The maximum absolute atomic E-state index is 13.4. The van der Waals surface area contributed by atoms with Crippen molar-refractivity contribution in [3.05, 3.63) is 34.3 Å². The number of benzene rings is 1. The molecule has 0 saturated carbocycles. The first-order valence-corrected chi connectivity index (χ1v) is 6.78. The minimum absolute atomic E-state index is 0.177. The zero-order chi connectivity index (χ0) is 15.6. The Kier molecular flexibility index (Phi) is 5.06. The van der Waals surface area contributed by atoms with Gasteiger partial charge in [-0.05, 0) is 11.6 Å². The van der Waals surface area contributed by atoms with Crippen molar-refractivity contribution in [1.82, 2.24) is 10.2 Å². The quantitative estimate of drug-likeness (QED) is 0.853. The minimum Gasteiger partial charge on any atom is -0.314 e. The van der Waals surface area contributed by atoms with Gasteiger partial charge in [-0.3, -0.25) is 4.90 Å². The number of rotatable bonds is 3. The lowest BCUT2D eigenvalue weighted by atomic mass is 10.0. The van der Waals surface area contributed by atoms with Crippen LogP contribution >= 0.6 is 11.6 Å². The number of nitrogens with zero attached hydrogens (tertiary/aromatic N) is 1. The zero-order valence-electron chi connectivity index (χ0n) is 10.9. The molecule has 0 aliphatic carbocycles. The molecule has 2 rings (SSSR count). The highest BCUT2D eigenvalue weighted by atomic mass is 35.5. The van der Waals surface area contributed by atoms with Crippen LogP contribution in [0.1, 0.15) is 17.2 Å². The molecule has 118 valence electrons. The molecule has 0 aromatic heterocycles. The van der Waals surface area contributed by atoms with Crippen LogP contribution < -0.4 is 5.32 Å². The molecular formula is C13H14ClF5N2. The van der Waals surface area contributed by atoms with Crippen LogP contribution in [0.4, 0.5) is 22.0 Å². The molecule has 1 atom stereocenters. The average molecular weight is 329 g/mol. The number of hydrogen-bond donors (Lipinski definition) is 1. The van der Waals surface area contributed by atoms with Crippen molar-refractivity contribution in [2.24, 2.45) is 0 Å². The third-order valence-electron chi connectivity index (χ3n) is 3.44. The summed E-state index contributed by atoms with van der Waals surface area (Å²) in [7, 11) is 0. The lowest BCUT2D eigenvalue weighted by Gasteiger charge is -2.35. The van der Waals surface area contributed by atoms with Crippen molar-refractivity contribution >= 4 is 11.6 Å². The summed E-state index contributed by atoms with van der Waals surface area (Å²) in [6.07, 6.45) is -7.48. The highest BCUT2D eigenvalue weighted by Crippen LogP contribution is 2.40. The molecule has 1 saturated heterocycles. The molecule has 1 heterocycles. The second-order valence-electron chi connectivity index (χ2n) is 4.77. The Morgan fingerprint density at radius 3 is 2.29 bits per heavy atom. The van der Waals surface area contributed by atoms with Gasteiger partial charge in [0.05, 0.1) is 16.6 Å². The fraction of sp³-hybridized carbons (Fsp3) is 0.538. The third kappa shape index (κ3) is 3.64. The predicted octanol–water partition coefficient (Wildman–Crippen LogP) is 3.57. The molecule has 2 nitrogen and oxygen atoms in total. The Morgan fingerprint density at radius 1 is 1.14 bits per heavy atom. The Labute approximate surface area is 123 Å². The molecule has 8 heteroatoms. The first-order valence-electron chi connectivity index (χ1n) is 6.41. The predicted molar refractivity (Wildman–Crippen MR) is 69.6 cm³/mol. The Morgan fingerprint density at radius 2 is 1.76 bits per heavy atom. The van der Waals surface area contributed by atoms with Crippen LogP contribution in [-0.2, 0) is 6.18 Å². The highest BCUT2D eigenvalue weighted by Gasteiger charge is 2.38. The summed E-state index contributed by atoms with van der Waals surface area (Å²) in [5.74, 6) is 0. The second kappa shape index (κ2) is 6.46. The smallest absolute Gasteiger partial charge is 0.314 e. The molecule has 0 radical (unpaired) electrons. The van der Waals surface area contributed by atoms with E-state index in [0.29, 0.717) is 26.2 Å². The van der Waals surface area contributed by atoms with E-state index in [-0.39, 0.29) is 5.56 Å². The second-order valence-corrected chi connectivity index (χ2v) is 5.15. The molecule has 0 bridgehead atoms. The van der Waals surface area contributed by atoms with Gasteiger partial charge in [0.2, 0.25) is 0 Å². The number of alkyl halides is 5. The van der Waals surface area contributed by atoms with Gasteiger partial charge in [0.15, 0.2) is 0 Å². The fourth-order valence-corrected chi connectivity index (χ4v) is 2.79. The van der Waals surface area contributed by atoms with Gasteiger partial charge in [0.25, 0.3) is 6.43 Å². The molecule has 0 spiro atoms. The van der Waals surface area contributed by atoms with Gasteiger partial charge in [0.1, 0.15) is 0 Å². The number of halogens is 6. The first-order chi connectivity index (χ1) is 9.82. The van der Waals surface area contributed by atoms with Gasteiger partial charge in [0, 0.05) is 26.2 Å². The van der Waals surface area contributed by atoms with Crippen molar-refractivity contribution < 1.29 is 22.0 Å². The van der Waals surface area contributed by atoms with E-state index in [1.807, 2.05) is 0 Å². The summed E-state index contributed by atoms with van der Waals surface area (Å²) < 4.78 is 65.3. The van der Waals surface area contributed by atoms with Crippen LogP contribution in [0.15, 0.2) is 18.2 Å². The SMILES string of the molecule is FC(F)[C@@H](c1cccc(C(F)(F)F)c1Cl)N1CCNCC1. The van der Waals surface area contributed by atoms with E-state index in [1.165, 1.54) is 11.0 Å². The molecule has 1 aromatic rings. The van der Waals surface area contributed by atoms with Gasteiger partial charge in [-0.1, -0.05) is 23.7 Å². The van der Waals surface area contributed by atoms with E-state index >= 15 is 0 Å². The fourth-order valence-electron chi connectivity index (χ4n) is 2.45. The minimum atomic E-state index is -4.66. The van der Waals surface area contributed by atoms with E-state index in [0.717, 1.165) is 12.1 Å². The Balaban J connectivity index is 2.41. The monoisotopic (exact) mass is 328 g/mol. The molecule has 21 heavy (non-hydrogen) atoms. The normalized spacial score (nSPS) is 19.0.